The summed E-state index contributed by atoms with van der Waals surface area (Å²) in [6.45, 7) is 0.802. The van der Waals surface area contributed by atoms with Crippen molar-refractivity contribution < 1.29 is 4.79 Å². The van der Waals surface area contributed by atoms with Gasteiger partial charge >= 0.3 is 0 Å². The van der Waals surface area contributed by atoms with Gasteiger partial charge in [-0.3, -0.25) is 4.79 Å². The van der Waals surface area contributed by atoms with Gasteiger partial charge in [-0.1, -0.05) is 0 Å². The topological polar surface area (TPSA) is 55.1 Å². The van der Waals surface area contributed by atoms with Crippen molar-refractivity contribution in [2.75, 3.05) is 6.54 Å². The lowest BCUT2D eigenvalue weighted by Crippen LogP contribution is -2.44. The summed E-state index contributed by atoms with van der Waals surface area (Å²) in [6, 6.07) is 0.681. The van der Waals surface area contributed by atoms with Crippen LogP contribution in [-0.4, -0.2) is 18.5 Å². The molecule has 1 aliphatic carbocycles. The van der Waals surface area contributed by atoms with E-state index in [9.17, 15) is 4.79 Å². The van der Waals surface area contributed by atoms with Crippen molar-refractivity contribution in [3.63, 3.8) is 0 Å². The van der Waals surface area contributed by atoms with Crippen LogP contribution in [0.15, 0.2) is 0 Å². The Morgan fingerprint density at radius 2 is 2.00 bits per heavy atom. The van der Waals surface area contributed by atoms with Gasteiger partial charge in [0.1, 0.15) is 0 Å². The standard InChI is InChI=1S/C9H16N2O/c10-9(12)7-3-4-8(11-5-7)6-1-2-6/h6-8,11H,1-5H2,(H2,10,12). The van der Waals surface area contributed by atoms with E-state index in [1.165, 1.54) is 12.8 Å². The first-order valence-corrected chi connectivity index (χ1v) is 4.80. The van der Waals surface area contributed by atoms with E-state index in [1.807, 2.05) is 0 Å². The molecule has 1 heterocycles. The lowest BCUT2D eigenvalue weighted by atomic mass is 9.92. The first-order chi connectivity index (χ1) is 5.77. The number of hydrogen-bond donors (Lipinski definition) is 2. The summed E-state index contributed by atoms with van der Waals surface area (Å²) >= 11 is 0. The Balaban J connectivity index is 1.80. The molecule has 2 fully saturated rings. The highest BCUT2D eigenvalue weighted by molar-refractivity contribution is 5.76. The predicted octanol–water partition coefficient (Wildman–Crippen LogP) is 0.250. The zero-order valence-corrected chi connectivity index (χ0v) is 7.25. The molecule has 0 aromatic carbocycles. The molecule has 12 heavy (non-hydrogen) atoms. The molecule has 3 heteroatoms. The van der Waals surface area contributed by atoms with Crippen molar-refractivity contribution in [2.24, 2.45) is 17.6 Å². The third-order valence-corrected chi connectivity index (χ3v) is 3.05. The number of piperidine rings is 1. The Hall–Kier alpha value is -0.570. The van der Waals surface area contributed by atoms with E-state index in [4.69, 9.17) is 5.73 Å². The van der Waals surface area contributed by atoms with Gasteiger partial charge in [-0.15, -0.1) is 0 Å². The fourth-order valence-electron chi connectivity index (χ4n) is 2.02. The third kappa shape index (κ3) is 1.61. The van der Waals surface area contributed by atoms with Crippen LogP contribution in [0.2, 0.25) is 0 Å². The molecule has 1 saturated heterocycles. The number of nitrogens with one attached hydrogen (secondary N) is 1. The number of nitrogens with two attached hydrogens (primary N) is 1. The number of carbonyl (C=O) groups excluding carboxylic acids is 1. The monoisotopic (exact) mass is 168 g/mol. The Labute approximate surface area is 72.7 Å². The second-order valence-electron chi connectivity index (χ2n) is 4.03. The number of rotatable bonds is 2. The highest BCUT2D eigenvalue weighted by Crippen LogP contribution is 2.36. The number of hydrogen-bond acceptors (Lipinski definition) is 2. The Bertz CT molecular complexity index is 181. The maximum atomic E-state index is 10.8. The summed E-state index contributed by atoms with van der Waals surface area (Å²) in [5.74, 6) is 0.843. The minimum absolute atomic E-state index is 0.0833. The molecule has 1 aliphatic heterocycles. The maximum Gasteiger partial charge on any atom is 0.221 e. The number of primary amides is 1. The highest BCUT2D eigenvalue weighted by Gasteiger charge is 2.34. The Morgan fingerprint density at radius 3 is 2.42 bits per heavy atom. The lowest BCUT2D eigenvalue weighted by molar-refractivity contribution is -0.122. The third-order valence-electron chi connectivity index (χ3n) is 3.05. The zero-order chi connectivity index (χ0) is 8.55. The van der Waals surface area contributed by atoms with E-state index >= 15 is 0 Å². The van der Waals surface area contributed by atoms with Crippen molar-refractivity contribution >= 4 is 5.91 Å². The van der Waals surface area contributed by atoms with Gasteiger partial charge in [0.05, 0.1) is 5.92 Å². The van der Waals surface area contributed by atoms with Gasteiger partial charge in [0.2, 0.25) is 5.91 Å². The molecule has 0 aromatic heterocycles. The Kier molecular flexibility index (Phi) is 2.05. The van der Waals surface area contributed by atoms with Crippen LogP contribution in [0.1, 0.15) is 25.7 Å². The lowest BCUT2D eigenvalue weighted by Gasteiger charge is -2.28. The molecule has 68 valence electrons. The normalized spacial score (nSPS) is 36.3. The summed E-state index contributed by atoms with van der Waals surface area (Å²) in [5, 5.41) is 3.41. The van der Waals surface area contributed by atoms with Crippen LogP contribution in [0.4, 0.5) is 0 Å². The summed E-state index contributed by atoms with van der Waals surface area (Å²) in [6.07, 6.45) is 4.87. The molecular formula is C9H16N2O. The van der Waals surface area contributed by atoms with Crippen LogP contribution in [0.3, 0.4) is 0 Å². The van der Waals surface area contributed by atoms with Gasteiger partial charge < -0.3 is 11.1 Å². The molecule has 2 aliphatic rings. The average Bonchev–Trinajstić information content (AvgIpc) is 2.87. The van der Waals surface area contributed by atoms with E-state index < -0.39 is 0 Å². The van der Waals surface area contributed by atoms with Crippen LogP contribution in [-0.2, 0) is 4.79 Å². The van der Waals surface area contributed by atoms with Crippen LogP contribution in [0.25, 0.3) is 0 Å². The second-order valence-corrected chi connectivity index (χ2v) is 4.03. The molecule has 1 saturated carbocycles. The van der Waals surface area contributed by atoms with Crippen molar-refractivity contribution in [3.05, 3.63) is 0 Å². The van der Waals surface area contributed by atoms with Crippen molar-refractivity contribution in [2.45, 2.75) is 31.7 Å². The summed E-state index contributed by atoms with van der Waals surface area (Å²) < 4.78 is 0. The van der Waals surface area contributed by atoms with Gasteiger partial charge in [-0.25, -0.2) is 0 Å². The van der Waals surface area contributed by atoms with E-state index in [0.717, 1.165) is 25.3 Å². The van der Waals surface area contributed by atoms with Crippen molar-refractivity contribution in [1.29, 1.82) is 0 Å². The maximum absolute atomic E-state index is 10.8. The molecule has 2 unspecified atom stereocenters. The fraction of sp³-hybridized carbons (Fsp3) is 0.889. The molecule has 0 aromatic rings. The van der Waals surface area contributed by atoms with Gasteiger partial charge in [0, 0.05) is 12.6 Å². The van der Waals surface area contributed by atoms with Crippen molar-refractivity contribution in [3.8, 4) is 0 Å². The molecule has 1 amide bonds. The van der Waals surface area contributed by atoms with Crippen LogP contribution in [0, 0.1) is 11.8 Å². The number of amides is 1. The zero-order valence-electron chi connectivity index (χ0n) is 7.25. The molecule has 3 nitrogen and oxygen atoms in total. The largest absolute Gasteiger partial charge is 0.369 e. The summed E-state index contributed by atoms with van der Waals surface area (Å²) in [7, 11) is 0. The van der Waals surface area contributed by atoms with Crippen LogP contribution < -0.4 is 11.1 Å². The predicted molar refractivity (Wildman–Crippen MR) is 46.4 cm³/mol. The molecule has 0 bridgehead atoms. The van der Waals surface area contributed by atoms with Crippen LogP contribution in [0.5, 0.6) is 0 Å². The molecule has 2 atom stereocenters. The van der Waals surface area contributed by atoms with Crippen LogP contribution >= 0.6 is 0 Å². The van der Waals surface area contributed by atoms with Gasteiger partial charge in [0.15, 0.2) is 0 Å². The molecule has 2 rings (SSSR count). The smallest absolute Gasteiger partial charge is 0.221 e. The van der Waals surface area contributed by atoms with Gasteiger partial charge in [0.25, 0.3) is 0 Å². The van der Waals surface area contributed by atoms with E-state index in [0.29, 0.717) is 6.04 Å². The van der Waals surface area contributed by atoms with E-state index in [-0.39, 0.29) is 11.8 Å². The van der Waals surface area contributed by atoms with E-state index in [2.05, 4.69) is 5.32 Å². The minimum atomic E-state index is -0.142. The molecule has 0 spiro atoms. The minimum Gasteiger partial charge on any atom is -0.369 e. The average molecular weight is 168 g/mol. The quantitative estimate of drug-likeness (QED) is 0.621. The van der Waals surface area contributed by atoms with Gasteiger partial charge in [-0.2, -0.15) is 0 Å². The first kappa shape index (κ1) is 8.05. The fourth-order valence-corrected chi connectivity index (χ4v) is 2.02. The van der Waals surface area contributed by atoms with Crippen molar-refractivity contribution in [1.82, 2.24) is 5.32 Å². The highest BCUT2D eigenvalue weighted by atomic mass is 16.1. The second kappa shape index (κ2) is 3.05. The molecule has 3 N–H and O–H groups in total. The Morgan fingerprint density at radius 1 is 1.25 bits per heavy atom. The van der Waals surface area contributed by atoms with E-state index in [1.54, 1.807) is 0 Å². The summed E-state index contributed by atoms with van der Waals surface area (Å²) in [5.41, 5.74) is 5.23. The first-order valence-electron chi connectivity index (χ1n) is 4.80. The number of carbonyl (C=O) groups is 1. The molecular weight excluding hydrogens is 152 g/mol. The SMILES string of the molecule is NC(=O)C1CCC(C2CC2)NC1. The van der Waals surface area contributed by atoms with Gasteiger partial charge in [-0.05, 0) is 31.6 Å². The molecule has 0 radical (unpaired) electrons. The summed E-state index contributed by atoms with van der Waals surface area (Å²) in [4.78, 5) is 10.8.